The summed E-state index contributed by atoms with van der Waals surface area (Å²) < 4.78 is 11.9. The van der Waals surface area contributed by atoms with E-state index >= 15 is 0 Å². The smallest absolute Gasteiger partial charge is 0.257 e. The number of hydrogen-bond acceptors (Lipinski definition) is 1. The van der Waals surface area contributed by atoms with E-state index in [1.54, 1.807) is 0 Å². The minimum Gasteiger partial charge on any atom is -0.458 e. The SMILES string of the molecule is c1ccc2c3c(ccc2c1)Oc1cc(-n2c4ccccc4c4ccccc42)cc2c1B3c1cccc3c4ccccc4n-2c13. The Morgan fingerprint density at radius 1 is 0.455 bits per heavy atom. The molecule has 0 saturated heterocycles. The Morgan fingerprint density at radius 3 is 1.82 bits per heavy atom. The number of aromatic nitrogens is 2. The van der Waals surface area contributed by atoms with Gasteiger partial charge in [0.2, 0.25) is 0 Å². The highest BCUT2D eigenvalue weighted by molar-refractivity contribution is 7.00. The Labute approximate surface area is 253 Å². The fourth-order valence-electron chi connectivity index (χ4n) is 8.25. The van der Waals surface area contributed by atoms with Gasteiger partial charge in [0.05, 0.1) is 22.2 Å². The summed E-state index contributed by atoms with van der Waals surface area (Å²) in [6.45, 7) is 0.0579. The quantitative estimate of drug-likeness (QED) is 0.187. The van der Waals surface area contributed by atoms with E-state index in [2.05, 4.69) is 149 Å². The maximum absolute atomic E-state index is 6.97. The van der Waals surface area contributed by atoms with Crippen molar-refractivity contribution in [1.82, 2.24) is 9.13 Å². The summed E-state index contributed by atoms with van der Waals surface area (Å²) in [4.78, 5) is 0. The lowest BCUT2D eigenvalue weighted by Gasteiger charge is -2.34. The zero-order valence-electron chi connectivity index (χ0n) is 23.7. The van der Waals surface area contributed by atoms with Gasteiger partial charge in [-0.1, -0.05) is 103 Å². The van der Waals surface area contributed by atoms with Crippen molar-refractivity contribution < 1.29 is 4.74 Å². The van der Waals surface area contributed by atoms with Crippen molar-refractivity contribution in [3.8, 4) is 22.9 Å². The Balaban J connectivity index is 1.34. The van der Waals surface area contributed by atoms with Crippen LogP contribution in [0.1, 0.15) is 0 Å². The van der Waals surface area contributed by atoms with Gasteiger partial charge in [0.25, 0.3) is 6.71 Å². The van der Waals surface area contributed by atoms with Crippen molar-refractivity contribution in [2.24, 2.45) is 0 Å². The summed E-state index contributed by atoms with van der Waals surface area (Å²) in [6, 6.07) is 50.8. The van der Waals surface area contributed by atoms with Crippen LogP contribution in [0.2, 0.25) is 0 Å². The molecule has 0 radical (unpaired) electrons. The van der Waals surface area contributed by atoms with Crippen molar-refractivity contribution in [2.75, 3.05) is 0 Å². The number of ether oxygens (including phenoxy) is 1. The lowest BCUT2D eigenvalue weighted by molar-refractivity contribution is 0.487. The molecule has 4 heteroatoms. The molecule has 2 aliphatic rings. The van der Waals surface area contributed by atoms with Crippen molar-refractivity contribution in [2.45, 2.75) is 0 Å². The summed E-state index contributed by atoms with van der Waals surface area (Å²) >= 11 is 0. The van der Waals surface area contributed by atoms with Crippen LogP contribution in [0, 0.1) is 0 Å². The zero-order chi connectivity index (χ0) is 28.5. The van der Waals surface area contributed by atoms with E-state index in [1.165, 1.54) is 76.5 Å². The van der Waals surface area contributed by atoms with Gasteiger partial charge in [-0.05, 0) is 57.5 Å². The van der Waals surface area contributed by atoms with Crippen molar-refractivity contribution in [3.63, 3.8) is 0 Å². The van der Waals surface area contributed by atoms with E-state index in [0.717, 1.165) is 17.2 Å². The number of fused-ring (bicyclic) bond motifs is 12. The third kappa shape index (κ3) is 2.70. The molecular weight excluding hydrogens is 535 g/mol. The van der Waals surface area contributed by atoms with Gasteiger partial charge in [-0.15, -0.1) is 0 Å². The monoisotopic (exact) mass is 558 g/mol. The molecule has 44 heavy (non-hydrogen) atoms. The van der Waals surface area contributed by atoms with Crippen molar-refractivity contribution in [1.29, 1.82) is 0 Å². The Morgan fingerprint density at radius 2 is 1.07 bits per heavy atom. The van der Waals surface area contributed by atoms with Crippen molar-refractivity contribution in [3.05, 3.63) is 140 Å². The molecule has 0 amide bonds. The van der Waals surface area contributed by atoms with E-state index in [4.69, 9.17) is 4.74 Å². The molecule has 0 unspecified atom stereocenters. The molecule has 0 saturated carbocycles. The minimum absolute atomic E-state index is 0.0579. The molecule has 4 heterocycles. The fraction of sp³-hybridized carbons (Fsp3) is 0. The van der Waals surface area contributed by atoms with Crippen LogP contribution in [0.5, 0.6) is 11.5 Å². The van der Waals surface area contributed by atoms with E-state index in [0.29, 0.717) is 0 Å². The number of para-hydroxylation sites is 4. The summed E-state index contributed by atoms with van der Waals surface area (Å²) in [5.41, 5.74) is 11.0. The largest absolute Gasteiger partial charge is 0.458 e. The Kier molecular flexibility index (Phi) is 4.15. The predicted octanol–water partition coefficient (Wildman–Crippen LogP) is 7.97. The van der Waals surface area contributed by atoms with Gasteiger partial charge in [-0.2, -0.15) is 0 Å². The van der Waals surface area contributed by atoms with Gasteiger partial charge >= 0.3 is 0 Å². The molecule has 0 N–H and O–H groups in total. The van der Waals surface area contributed by atoms with E-state index in [9.17, 15) is 0 Å². The summed E-state index contributed by atoms with van der Waals surface area (Å²) in [7, 11) is 0. The minimum atomic E-state index is 0.0579. The fourth-order valence-corrected chi connectivity index (χ4v) is 8.25. The number of rotatable bonds is 1. The first-order valence-corrected chi connectivity index (χ1v) is 15.2. The lowest BCUT2D eigenvalue weighted by atomic mass is 9.34. The van der Waals surface area contributed by atoms with E-state index in [1.807, 2.05) is 0 Å². The zero-order valence-corrected chi connectivity index (χ0v) is 23.7. The number of hydrogen-bond donors (Lipinski definition) is 0. The van der Waals surface area contributed by atoms with Gasteiger partial charge in [0.1, 0.15) is 11.5 Å². The van der Waals surface area contributed by atoms with Crippen LogP contribution < -0.4 is 21.1 Å². The second-order valence-electron chi connectivity index (χ2n) is 12.1. The van der Waals surface area contributed by atoms with Crippen LogP contribution in [-0.4, -0.2) is 15.8 Å². The standard InChI is InChI=1S/C40H23BN2O/c1-2-11-26-24(10-1)20-21-36-38(26)41-31-16-9-15-30-29-14-5-8-19-34(29)43(40(30)31)35-22-25(23-37(44-36)39(35)41)42-32-17-6-3-12-27(32)28-13-4-7-18-33(28)42/h1-23H. The molecule has 0 atom stereocenters. The van der Waals surface area contributed by atoms with E-state index < -0.39 is 0 Å². The maximum Gasteiger partial charge on any atom is 0.257 e. The highest BCUT2D eigenvalue weighted by Crippen LogP contribution is 2.41. The average Bonchev–Trinajstić information content (AvgIpc) is 3.60. The highest BCUT2D eigenvalue weighted by atomic mass is 16.5. The number of nitrogens with zero attached hydrogens (tertiary/aromatic N) is 2. The Bertz CT molecular complexity index is 2660. The van der Waals surface area contributed by atoms with Gasteiger partial charge in [0.15, 0.2) is 0 Å². The highest BCUT2D eigenvalue weighted by Gasteiger charge is 2.41. The number of benzene rings is 7. The summed E-state index contributed by atoms with van der Waals surface area (Å²) in [5.74, 6) is 1.86. The molecule has 11 rings (SSSR count). The topological polar surface area (TPSA) is 19.1 Å². The maximum atomic E-state index is 6.97. The van der Waals surface area contributed by atoms with Crippen LogP contribution in [-0.2, 0) is 0 Å². The van der Waals surface area contributed by atoms with Crippen LogP contribution in [0.25, 0.3) is 65.8 Å². The van der Waals surface area contributed by atoms with Crippen LogP contribution >= 0.6 is 0 Å². The third-order valence-corrected chi connectivity index (χ3v) is 9.95. The van der Waals surface area contributed by atoms with Gasteiger partial charge in [-0.3, -0.25) is 0 Å². The lowest BCUT2D eigenvalue weighted by Crippen LogP contribution is -2.58. The first-order chi connectivity index (χ1) is 21.8. The first kappa shape index (κ1) is 22.8. The third-order valence-electron chi connectivity index (χ3n) is 9.95. The molecule has 2 aliphatic heterocycles. The molecular formula is C40H23BN2O. The Hall–Kier alpha value is -5.74. The normalized spacial score (nSPS) is 13.1. The second kappa shape index (κ2) is 8.00. The molecule has 0 aliphatic carbocycles. The van der Waals surface area contributed by atoms with E-state index in [-0.39, 0.29) is 6.71 Å². The molecule has 9 aromatic rings. The molecule has 0 spiro atoms. The van der Waals surface area contributed by atoms with Crippen LogP contribution in [0.4, 0.5) is 0 Å². The summed E-state index contributed by atoms with van der Waals surface area (Å²) in [6.07, 6.45) is 0. The second-order valence-corrected chi connectivity index (χ2v) is 12.1. The van der Waals surface area contributed by atoms with Crippen molar-refractivity contribution >= 4 is 77.5 Å². The molecule has 7 aromatic carbocycles. The molecule has 202 valence electrons. The van der Waals surface area contributed by atoms with Gasteiger partial charge < -0.3 is 13.9 Å². The molecule has 3 nitrogen and oxygen atoms in total. The molecule has 0 fully saturated rings. The molecule has 0 bridgehead atoms. The first-order valence-electron chi connectivity index (χ1n) is 15.2. The average molecular weight is 558 g/mol. The van der Waals surface area contributed by atoms with Crippen LogP contribution in [0.15, 0.2) is 140 Å². The predicted molar refractivity (Wildman–Crippen MR) is 184 cm³/mol. The van der Waals surface area contributed by atoms with Gasteiger partial charge in [0, 0.05) is 38.8 Å². The molecule has 2 aromatic heterocycles. The summed E-state index contributed by atoms with van der Waals surface area (Å²) in [5, 5.41) is 7.56. The van der Waals surface area contributed by atoms with Crippen LogP contribution in [0.3, 0.4) is 0 Å². The van der Waals surface area contributed by atoms with Gasteiger partial charge in [-0.25, -0.2) is 0 Å².